The van der Waals surface area contributed by atoms with Gasteiger partial charge in [0.25, 0.3) is 0 Å². The molecule has 0 saturated heterocycles. The zero-order valence-electron chi connectivity index (χ0n) is 5.53. The number of hydrogen-bond donors (Lipinski definition) is 1. The van der Waals surface area contributed by atoms with Crippen molar-refractivity contribution in [3.63, 3.8) is 0 Å². The Morgan fingerprint density at radius 1 is 1.73 bits per heavy atom. The molecule has 0 radical (unpaired) electrons. The molecule has 0 fully saturated rings. The molecule has 1 unspecified atom stereocenters. The molecule has 1 rings (SSSR count). The molecule has 0 amide bonds. The van der Waals surface area contributed by atoms with E-state index >= 15 is 0 Å². The van der Waals surface area contributed by atoms with Gasteiger partial charge in [-0.05, 0) is 17.7 Å². The Bertz CT molecular complexity index is 279. The van der Waals surface area contributed by atoms with Crippen molar-refractivity contribution in [2.75, 3.05) is 0 Å². The van der Waals surface area contributed by atoms with Crippen LogP contribution in [0, 0.1) is 0 Å². The zero-order valence-corrected chi connectivity index (χ0v) is 7.10. The molecule has 0 spiro atoms. The Hall–Kier alpha value is -0.450. The fourth-order valence-corrected chi connectivity index (χ4v) is 1.34. The number of aromatic nitrogens is 1. The summed E-state index contributed by atoms with van der Waals surface area (Å²) in [6.07, 6.45) is 1.50. The normalized spacial score (nSPS) is 12.9. The van der Waals surface area contributed by atoms with E-state index in [2.05, 4.69) is 4.98 Å². The summed E-state index contributed by atoms with van der Waals surface area (Å²) in [4.78, 5) is 3.73. The van der Waals surface area contributed by atoms with Crippen molar-refractivity contribution >= 4 is 22.7 Å². The van der Waals surface area contributed by atoms with Crippen molar-refractivity contribution in [3.05, 3.63) is 29.0 Å². The van der Waals surface area contributed by atoms with Crippen molar-refractivity contribution in [2.45, 2.75) is 5.75 Å². The van der Waals surface area contributed by atoms with E-state index in [1.165, 1.54) is 6.20 Å². The van der Waals surface area contributed by atoms with Crippen molar-refractivity contribution in [1.82, 2.24) is 4.98 Å². The number of rotatable bonds is 2. The minimum Gasteiger partial charge on any atom is -0.306 e. The lowest BCUT2D eigenvalue weighted by Gasteiger charge is -1.95. The van der Waals surface area contributed by atoms with Crippen LogP contribution in [0.4, 0.5) is 0 Å². The third kappa shape index (κ3) is 2.96. The molecular weight excluding hydrogens is 186 g/mol. The fraction of sp³-hybridized carbons (Fsp3) is 0.167. The molecule has 0 aliphatic heterocycles. The van der Waals surface area contributed by atoms with Crippen LogP contribution in [0.2, 0.25) is 5.15 Å². The van der Waals surface area contributed by atoms with Gasteiger partial charge < -0.3 is 4.55 Å². The number of hydrogen-bond acceptors (Lipinski definition) is 2. The molecule has 60 valence electrons. The number of halogens is 1. The molecule has 3 nitrogen and oxygen atoms in total. The average Bonchev–Trinajstić information content (AvgIpc) is 1.85. The first kappa shape index (κ1) is 8.64. The molecule has 1 heterocycles. The van der Waals surface area contributed by atoms with Gasteiger partial charge in [-0.2, -0.15) is 0 Å². The van der Waals surface area contributed by atoms with Gasteiger partial charge in [0.2, 0.25) is 0 Å². The highest BCUT2D eigenvalue weighted by molar-refractivity contribution is 7.78. The van der Waals surface area contributed by atoms with E-state index in [-0.39, 0.29) is 5.75 Å². The third-order valence-corrected chi connectivity index (χ3v) is 1.87. The molecule has 0 aliphatic carbocycles. The Kier molecular flexibility index (Phi) is 2.99. The highest BCUT2D eigenvalue weighted by Crippen LogP contribution is 2.07. The number of pyridine rings is 1. The maximum atomic E-state index is 10.3. The first-order valence-corrected chi connectivity index (χ1v) is 4.52. The molecule has 0 aliphatic rings. The van der Waals surface area contributed by atoms with Gasteiger partial charge in [-0.3, -0.25) is 0 Å². The minimum atomic E-state index is -1.81. The molecule has 0 saturated carbocycles. The number of nitrogens with zero attached hydrogens (tertiary/aromatic N) is 1. The maximum absolute atomic E-state index is 10.3. The van der Waals surface area contributed by atoms with Crippen molar-refractivity contribution < 1.29 is 8.76 Å². The second kappa shape index (κ2) is 3.80. The topological polar surface area (TPSA) is 50.2 Å². The summed E-state index contributed by atoms with van der Waals surface area (Å²) in [5.41, 5.74) is 0.714. The van der Waals surface area contributed by atoms with E-state index in [0.717, 1.165) is 0 Å². The van der Waals surface area contributed by atoms with Gasteiger partial charge in [0.05, 0.1) is 5.75 Å². The summed E-state index contributed by atoms with van der Waals surface area (Å²) in [5.74, 6) is 0.0994. The van der Waals surface area contributed by atoms with Gasteiger partial charge in [0.15, 0.2) is 11.1 Å². The lowest BCUT2D eigenvalue weighted by atomic mass is 10.3. The summed E-state index contributed by atoms with van der Waals surface area (Å²) in [6, 6.07) is 3.22. The predicted molar refractivity (Wildman–Crippen MR) is 43.7 cm³/mol. The van der Waals surface area contributed by atoms with Crippen molar-refractivity contribution in [3.8, 4) is 0 Å². The summed E-state index contributed by atoms with van der Waals surface area (Å²) < 4.78 is 18.8. The summed E-state index contributed by atoms with van der Waals surface area (Å²) in [6.45, 7) is 0. The van der Waals surface area contributed by atoms with Crippen LogP contribution < -0.4 is 0 Å². The lowest BCUT2D eigenvalue weighted by molar-refractivity contribution is 0.563. The van der Waals surface area contributed by atoms with Crippen LogP contribution in [0.15, 0.2) is 18.3 Å². The summed E-state index contributed by atoms with van der Waals surface area (Å²) >= 11 is 3.73. The minimum absolute atomic E-state index is 0.0994. The average molecular weight is 192 g/mol. The smallest absolute Gasteiger partial charge is 0.157 e. The molecule has 1 aromatic rings. The lowest BCUT2D eigenvalue weighted by Crippen LogP contribution is -1.92. The predicted octanol–water partition coefficient (Wildman–Crippen LogP) is 1.46. The Balaban J connectivity index is 2.79. The Morgan fingerprint density at radius 3 is 3.00 bits per heavy atom. The second-order valence-electron chi connectivity index (χ2n) is 1.95. The van der Waals surface area contributed by atoms with E-state index in [9.17, 15) is 4.21 Å². The molecule has 1 aromatic heterocycles. The Labute approximate surface area is 71.7 Å². The van der Waals surface area contributed by atoms with Gasteiger partial charge >= 0.3 is 0 Å². The molecular formula is C6H6ClNO2S. The van der Waals surface area contributed by atoms with Crippen LogP contribution in [0.1, 0.15) is 5.56 Å². The van der Waals surface area contributed by atoms with Crippen LogP contribution in [0.3, 0.4) is 0 Å². The van der Waals surface area contributed by atoms with Crippen LogP contribution in [-0.4, -0.2) is 13.7 Å². The van der Waals surface area contributed by atoms with Crippen LogP contribution in [-0.2, 0) is 16.8 Å². The van der Waals surface area contributed by atoms with Crippen LogP contribution in [0.5, 0.6) is 0 Å². The Morgan fingerprint density at radius 2 is 2.45 bits per heavy atom. The highest BCUT2D eigenvalue weighted by atomic mass is 35.5. The zero-order chi connectivity index (χ0) is 8.27. The van der Waals surface area contributed by atoms with Crippen LogP contribution >= 0.6 is 11.6 Å². The maximum Gasteiger partial charge on any atom is 0.157 e. The van der Waals surface area contributed by atoms with Crippen molar-refractivity contribution in [2.24, 2.45) is 0 Å². The molecule has 1 atom stereocenters. The quantitative estimate of drug-likeness (QED) is 0.569. The van der Waals surface area contributed by atoms with Gasteiger partial charge in [0.1, 0.15) is 5.15 Å². The van der Waals surface area contributed by atoms with Gasteiger partial charge in [-0.25, -0.2) is 9.19 Å². The molecule has 5 heteroatoms. The SMILES string of the molecule is O=S(O)Cc1ccnc(Cl)c1. The van der Waals surface area contributed by atoms with E-state index in [1.807, 2.05) is 0 Å². The van der Waals surface area contributed by atoms with Gasteiger partial charge in [-0.1, -0.05) is 11.6 Å². The molecule has 11 heavy (non-hydrogen) atoms. The second-order valence-corrected chi connectivity index (χ2v) is 3.27. The third-order valence-electron chi connectivity index (χ3n) is 1.08. The molecule has 1 N–H and O–H groups in total. The van der Waals surface area contributed by atoms with E-state index < -0.39 is 11.1 Å². The molecule has 0 bridgehead atoms. The van der Waals surface area contributed by atoms with Crippen molar-refractivity contribution in [1.29, 1.82) is 0 Å². The van der Waals surface area contributed by atoms with Crippen LogP contribution in [0.25, 0.3) is 0 Å². The van der Waals surface area contributed by atoms with Gasteiger partial charge in [0, 0.05) is 6.20 Å². The highest BCUT2D eigenvalue weighted by Gasteiger charge is 1.97. The van der Waals surface area contributed by atoms with E-state index in [1.54, 1.807) is 12.1 Å². The summed E-state index contributed by atoms with van der Waals surface area (Å²) in [7, 11) is 0. The summed E-state index contributed by atoms with van der Waals surface area (Å²) in [5, 5.41) is 0.341. The monoisotopic (exact) mass is 191 g/mol. The first-order chi connectivity index (χ1) is 5.18. The first-order valence-electron chi connectivity index (χ1n) is 2.86. The molecule has 0 aromatic carbocycles. The van der Waals surface area contributed by atoms with Gasteiger partial charge in [-0.15, -0.1) is 0 Å². The fourth-order valence-electron chi connectivity index (χ4n) is 0.675. The van der Waals surface area contributed by atoms with E-state index in [0.29, 0.717) is 10.7 Å². The largest absolute Gasteiger partial charge is 0.306 e. The standard InChI is InChI=1S/C6H6ClNO2S/c7-6-3-5(1-2-8-6)4-11(9)10/h1-3H,4H2,(H,9,10). The van der Waals surface area contributed by atoms with E-state index in [4.69, 9.17) is 16.2 Å².